The first-order valence-corrected chi connectivity index (χ1v) is 10.5. The molecule has 4 rings (SSSR count). The summed E-state index contributed by atoms with van der Waals surface area (Å²) in [4.78, 5) is 12.9. The molecule has 4 heteroatoms. The molecule has 1 aliphatic carbocycles. The van der Waals surface area contributed by atoms with Crippen LogP contribution in [0, 0.1) is 19.8 Å². The van der Waals surface area contributed by atoms with Gasteiger partial charge in [0.25, 0.3) is 0 Å². The Bertz CT molecular complexity index is 1030. The van der Waals surface area contributed by atoms with Crippen LogP contribution in [-0.4, -0.2) is 12.1 Å². The second kappa shape index (κ2) is 7.96. The van der Waals surface area contributed by atoms with Crippen LogP contribution in [0.2, 0.25) is 0 Å². The second-order valence-corrected chi connectivity index (χ2v) is 8.67. The number of amides is 1. The molecule has 3 nitrogen and oxygen atoms in total. The first-order valence-electron chi connectivity index (χ1n) is 9.72. The predicted molar refractivity (Wildman–Crippen MR) is 121 cm³/mol. The van der Waals surface area contributed by atoms with E-state index in [0.717, 1.165) is 16.5 Å². The summed E-state index contributed by atoms with van der Waals surface area (Å²) < 4.78 is 1.01. The molecule has 0 spiro atoms. The van der Waals surface area contributed by atoms with Gasteiger partial charge in [0.2, 0.25) is 5.91 Å². The van der Waals surface area contributed by atoms with Gasteiger partial charge in [0, 0.05) is 9.89 Å². The fourth-order valence-electron chi connectivity index (χ4n) is 4.03. The predicted octanol–water partition coefficient (Wildman–Crippen LogP) is 5.52. The quantitative estimate of drug-likeness (QED) is 0.406. The highest BCUT2D eigenvalue weighted by Gasteiger charge is 2.60. The molecule has 0 aromatic heterocycles. The number of carbonyl (C=O) groups is 1. The largest absolute Gasteiger partial charge is 0.273 e. The summed E-state index contributed by atoms with van der Waals surface area (Å²) in [5, 5.41) is 4.18. The van der Waals surface area contributed by atoms with E-state index >= 15 is 0 Å². The van der Waals surface area contributed by atoms with E-state index in [9.17, 15) is 4.79 Å². The summed E-state index contributed by atoms with van der Waals surface area (Å²) in [6.07, 6.45) is 2.47. The summed E-state index contributed by atoms with van der Waals surface area (Å²) in [5.74, 6) is -0.172. The number of nitrogens with one attached hydrogen (secondary N) is 1. The van der Waals surface area contributed by atoms with Crippen molar-refractivity contribution >= 4 is 28.1 Å². The third-order valence-electron chi connectivity index (χ3n) is 5.60. The zero-order valence-electron chi connectivity index (χ0n) is 16.5. The Kier molecular flexibility index (Phi) is 5.37. The van der Waals surface area contributed by atoms with Gasteiger partial charge in [-0.25, -0.2) is 5.43 Å². The Morgan fingerprint density at radius 3 is 2.14 bits per heavy atom. The maximum atomic E-state index is 12.9. The maximum absolute atomic E-state index is 12.9. The second-order valence-electron chi connectivity index (χ2n) is 7.75. The van der Waals surface area contributed by atoms with Gasteiger partial charge in [-0.2, -0.15) is 5.10 Å². The minimum atomic E-state index is -0.282. The van der Waals surface area contributed by atoms with E-state index < -0.39 is 0 Å². The molecule has 0 radical (unpaired) electrons. The third-order valence-corrected chi connectivity index (χ3v) is 6.13. The summed E-state index contributed by atoms with van der Waals surface area (Å²) >= 11 is 3.42. The molecule has 1 amide bonds. The Morgan fingerprint density at radius 2 is 1.59 bits per heavy atom. The summed E-state index contributed by atoms with van der Waals surface area (Å²) in [6, 6.07) is 24.8. The minimum Gasteiger partial charge on any atom is -0.273 e. The van der Waals surface area contributed by atoms with E-state index in [4.69, 9.17) is 0 Å². The van der Waals surface area contributed by atoms with Crippen molar-refractivity contribution in [2.45, 2.75) is 25.7 Å². The van der Waals surface area contributed by atoms with Crippen molar-refractivity contribution in [1.29, 1.82) is 0 Å². The van der Waals surface area contributed by atoms with Gasteiger partial charge in [-0.05, 0) is 49.1 Å². The van der Waals surface area contributed by atoms with Gasteiger partial charge in [-0.3, -0.25) is 4.79 Å². The van der Waals surface area contributed by atoms with Crippen molar-refractivity contribution in [1.82, 2.24) is 5.43 Å². The van der Waals surface area contributed by atoms with E-state index in [2.05, 4.69) is 88.8 Å². The lowest BCUT2D eigenvalue weighted by Gasteiger charge is -2.19. The average molecular weight is 447 g/mol. The van der Waals surface area contributed by atoms with Crippen LogP contribution in [0.25, 0.3) is 0 Å². The number of nitrogens with zero attached hydrogens (tertiary/aromatic N) is 1. The standard InChI is InChI=1S/C25H23BrN2O/c1-17-5-3-7-20(13-17)25(21-8-4-6-18(2)14-21)15-23(25)24(29)28-27-16-19-9-11-22(26)12-10-19/h3-14,16,23H,15H2,1-2H3,(H,28,29)/b27-16+. The van der Waals surface area contributed by atoms with E-state index in [1.165, 1.54) is 22.3 Å². The number of hydrazone groups is 1. The van der Waals surface area contributed by atoms with Gasteiger partial charge < -0.3 is 0 Å². The monoisotopic (exact) mass is 446 g/mol. The topological polar surface area (TPSA) is 41.5 Å². The number of carbonyl (C=O) groups excluding carboxylic acids is 1. The third kappa shape index (κ3) is 4.03. The summed E-state index contributed by atoms with van der Waals surface area (Å²) in [7, 11) is 0. The van der Waals surface area contributed by atoms with Crippen molar-refractivity contribution in [3.8, 4) is 0 Å². The van der Waals surface area contributed by atoms with Crippen LogP contribution in [-0.2, 0) is 10.2 Å². The minimum absolute atomic E-state index is 0.0404. The average Bonchev–Trinajstić information content (AvgIpc) is 3.47. The van der Waals surface area contributed by atoms with E-state index in [0.29, 0.717) is 0 Å². The van der Waals surface area contributed by atoms with Crippen LogP contribution in [0.15, 0.2) is 82.4 Å². The smallest absolute Gasteiger partial charge is 0.244 e. The van der Waals surface area contributed by atoms with Crippen molar-refractivity contribution in [2.75, 3.05) is 0 Å². The maximum Gasteiger partial charge on any atom is 0.244 e. The Hall–Kier alpha value is -2.72. The molecular formula is C25H23BrN2O. The number of benzene rings is 3. The molecule has 1 fully saturated rings. The van der Waals surface area contributed by atoms with Gasteiger partial charge >= 0.3 is 0 Å². The molecule has 0 heterocycles. The number of aryl methyl sites for hydroxylation is 2. The van der Waals surface area contributed by atoms with Gasteiger partial charge in [0.15, 0.2) is 0 Å². The number of hydrogen-bond acceptors (Lipinski definition) is 2. The lowest BCUT2D eigenvalue weighted by Crippen LogP contribution is -2.25. The van der Waals surface area contributed by atoms with Crippen molar-refractivity contribution < 1.29 is 4.79 Å². The number of halogens is 1. The molecule has 1 saturated carbocycles. The lowest BCUT2D eigenvalue weighted by molar-refractivity contribution is -0.122. The van der Waals surface area contributed by atoms with Crippen molar-refractivity contribution in [3.05, 3.63) is 105 Å². The van der Waals surface area contributed by atoms with Gasteiger partial charge in [0.05, 0.1) is 12.1 Å². The molecule has 0 saturated heterocycles. The summed E-state index contributed by atoms with van der Waals surface area (Å²) in [6.45, 7) is 4.18. The van der Waals surface area contributed by atoms with Gasteiger partial charge in [-0.1, -0.05) is 87.7 Å². The van der Waals surface area contributed by atoms with E-state index in [1.54, 1.807) is 6.21 Å². The summed E-state index contributed by atoms with van der Waals surface area (Å²) in [5.41, 5.74) is 8.20. The Balaban J connectivity index is 1.58. The Labute approximate surface area is 180 Å². The molecule has 0 aliphatic heterocycles. The molecule has 1 N–H and O–H groups in total. The van der Waals surface area contributed by atoms with E-state index in [1.807, 2.05) is 24.3 Å². The zero-order valence-corrected chi connectivity index (χ0v) is 18.1. The van der Waals surface area contributed by atoms with E-state index in [-0.39, 0.29) is 17.2 Å². The molecule has 3 aromatic rings. The molecule has 1 aliphatic rings. The van der Waals surface area contributed by atoms with Crippen LogP contribution < -0.4 is 5.43 Å². The zero-order chi connectivity index (χ0) is 20.4. The normalized spacial score (nSPS) is 17.3. The van der Waals surface area contributed by atoms with Crippen molar-refractivity contribution in [2.24, 2.45) is 11.0 Å². The molecule has 1 atom stereocenters. The molecule has 3 aromatic carbocycles. The van der Waals surface area contributed by atoms with Crippen LogP contribution >= 0.6 is 15.9 Å². The van der Waals surface area contributed by atoms with Crippen LogP contribution in [0.5, 0.6) is 0 Å². The first-order chi connectivity index (χ1) is 14.0. The first kappa shape index (κ1) is 19.6. The molecule has 146 valence electrons. The molecule has 1 unspecified atom stereocenters. The fraction of sp³-hybridized carbons (Fsp3) is 0.200. The lowest BCUT2D eigenvalue weighted by atomic mass is 9.84. The highest BCUT2D eigenvalue weighted by Crippen LogP contribution is 2.59. The Morgan fingerprint density at radius 1 is 1.00 bits per heavy atom. The number of rotatable bonds is 5. The van der Waals surface area contributed by atoms with Gasteiger partial charge in [-0.15, -0.1) is 0 Å². The SMILES string of the molecule is Cc1cccc(C2(c3cccc(C)c3)CC2C(=O)N/N=C/c2ccc(Br)cc2)c1. The van der Waals surface area contributed by atoms with Crippen LogP contribution in [0.4, 0.5) is 0 Å². The van der Waals surface area contributed by atoms with Gasteiger partial charge in [0.1, 0.15) is 0 Å². The highest BCUT2D eigenvalue weighted by molar-refractivity contribution is 9.10. The van der Waals surface area contributed by atoms with Crippen LogP contribution in [0.1, 0.15) is 34.2 Å². The molecule has 0 bridgehead atoms. The highest BCUT2D eigenvalue weighted by atomic mass is 79.9. The fourth-order valence-corrected chi connectivity index (χ4v) is 4.29. The molecule has 29 heavy (non-hydrogen) atoms. The number of hydrogen-bond donors (Lipinski definition) is 1. The van der Waals surface area contributed by atoms with Crippen LogP contribution in [0.3, 0.4) is 0 Å². The van der Waals surface area contributed by atoms with Crippen molar-refractivity contribution in [3.63, 3.8) is 0 Å². The molecular weight excluding hydrogens is 424 g/mol.